The molecule has 0 bridgehead atoms. The summed E-state index contributed by atoms with van der Waals surface area (Å²) in [6.07, 6.45) is 4.11. The Morgan fingerprint density at radius 3 is 2.60 bits per heavy atom. The van der Waals surface area contributed by atoms with E-state index < -0.39 is 0 Å². The van der Waals surface area contributed by atoms with Crippen LogP contribution in [0, 0.1) is 5.92 Å². The Balaban J connectivity index is 2.03. The van der Waals surface area contributed by atoms with Gasteiger partial charge in [0.15, 0.2) is 0 Å². The molecule has 1 saturated heterocycles. The number of nitrogens with zero attached hydrogens (tertiary/aromatic N) is 1. The van der Waals surface area contributed by atoms with Crippen LogP contribution in [0.5, 0.6) is 0 Å². The molecular weight excluding hydrogens is 184 g/mol. The van der Waals surface area contributed by atoms with Gasteiger partial charge in [0.05, 0.1) is 0 Å². The summed E-state index contributed by atoms with van der Waals surface area (Å²) in [6, 6.07) is 0. The highest BCUT2D eigenvalue weighted by Crippen LogP contribution is 2.41. The van der Waals surface area contributed by atoms with Gasteiger partial charge in [-0.1, -0.05) is 6.92 Å². The fourth-order valence-corrected chi connectivity index (χ4v) is 2.74. The third-order valence-corrected chi connectivity index (χ3v) is 4.63. The molecule has 2 rings (SSSR count). The van der Waals surface area contributed by atoms with Crippen molar-refractivity contribution in [2.45, 2.75) is 58.0 Å². The molecule has 0 radical (unpaired) electrons. The molecule has 1 aliphatic heterocycles. The largest absolute Gasteiger partial charge is 0.309 e. The summed E-state index contributed by atoms with van der Waals surface area (Å²) in [5, 5.41) is 3.74. The van der Waals surface area contributed by atoms with E-state index >= 15 is 0 Å². The zero-order chi connectivity index (χ0) is 11.1. The Kier molecular flexibility index (Phi) is 2.85. The second-order valence-electron chi connectivity index (χ2n) is 6.21. The van der Waals surface area contributed by atoms with Crippen molar-refractivity contribution in [2.24, 2.45) is 5.92 Å². The van der Waals surface area contributed by atoms with Crippen molar-refractivity contribution in [1.29, 1.82) is 0 Å². The van der Waals surface area contributed by atoms with Crippen LogP contribution in [-0.4, -0.2) is 35.6 Å². The molecule has 1 saturated carbocycles. The molecule has 0 aromatic rings. The van der Waals surface area contributed by atoms with E-state index in [9.17, 15) is 0 Å². The van der Waals surface area contributed by atoms with Crippen LogP contribution in [0.1, 0.15) is 47.0 Å². The molecule has 0 aromatic heterocycles. The van der Waals surface area contributed by atoms with Crippen LogP contribution in [0.25, 0.3) is 0 Å². The summed E-state index contributed by atoms with van der Waals surface area (Å²) in [5.74, 6) is 0.938. The normalized spacial score (nSPS) is 34.4. The average Bonchev–Trinajstić information content (AvgIpc) is 3.01. The van der Waals surface area contributed by atoms with Gasteiger partial charge in [0, 0.05) is 30.7 Å². The minimum Gasteiger partial charge on any atom is -0.309 e. The van der Waals surface area contributed by atoms with Crippen LogP contribution < -0.4 is 5.32 Å². The zero-order valence-electron chi connectivity index (χ0n) is 10.8. The third-order valence-electron chi connectivity index (χ3n) is 4.63. The standard InChI is InChI=1S/C13H26N2/c1-5-12(2,3)15-9-8-14-13(4,10-15)11-6-7-11/h11,14H,5-10H2,1-4H3. The van der Waals surface area contributed by atoms with Gasteiger partial charge in [-0.3, -0.25) is 4.90 Å². The van der Waals surface area contributed by atoms with Crippen molar-refractivity contribution in [3.05, 3.63) is 0 Å². The van der Waals surface area contributed by atoms with Gasteiger partial charge in [-0.15, -0.1) is 0 Å². The van der Waals surface area contributed by atoms with Crippen molar-refractivity contribution < 1.29 is 0 Å². The fraction of sp³-hybridized carbons (Fsp3) is 1.00. The van der Waals surface area contributed by atoms with Crippen LogP contribution in [0.2, 0.25) is 0 Å². The van der Waals surface area contributed by atoms with E-state index in [0.717, 1.165) is 12.5 Å². The monoisotopic (exact) mass is 210 g/mol. The molecule has 0 amide bonds. The van der Waals surface area contributed by atoms with Crippen LogP contribution in [0.15, 0.2) is 0 Å². The number of hydrogen-bond donors (Lipinski definition) is 1. The van der Waals surface area contributed by atoms with Crippen molar-refractivity contribution >= 4 is 0 Å². The molecule has 1 unspecified atom stereocenters. The zero-order valence-corrected chi connectivity index (χ0v) is 10.8. The highest BCUT2D eigenvalue weighted by atomic mass is 15.3. The molecule has 1 heterocycles. The molecule has 1 aliphatic carbocycles. The van der Waals surface area contributed by atoms with Crippen molar-refractivity contribution in [3.8, 4) is 0 Å². The van der Waals surface area contributed by atoms with Crippen molar-refractivity contribution in [2.75, 3.05) is 19.6 Å². The van der Waals surface area contributed by atoms with Gasteiger partial charge < -0.3 is 5.32 Å². The summed E-state index contributed by atoms with van der Waals surface area (Å²) >= 11 is 0. The van der Waals surface area contributed by atoms with E-state index in [1.54, 1.807) is 0 Å². The number of nitrogens with one attached hydrogen (secondary N) is 1. The summed E-state index contributed by atoms with van der Waals surface area (Å²) in [6.45, 7) is 13.1. The summed E-state index contributed by atoms with van der Waals surface area (Å²) < 4.78 is 0. The first kappa shape index (κ1) is 11.4. The van der Waals surface area contributed by atoms with E-state index in [1.807, 2.05) is 0 Å². The Labute approximate surface area is 94.4 Å². The molecule has 1 N–H and O–H groups in total. The van der Waals surface area contributed by atoms with E-state index in [4.69, 9.17) is 0 Å². The third kappa shape index (κ3) is 2.21. The topological polar surface area (TPSA) is 15.3 Å². The maximum Gasteiger partial charge on any atom is 0.0309 e. The summed E-state index contributed by atoms with van der Waals surface area (Å²) in [4.78, 5) is 2.68. The Morgan fingerprint density at radius 1 is 1.40 bits per heavy atom. The van der Waals surface area contributed by atoms with E-state index in [1.165, 1.54) is 32.4 Å². The second kappa shape index (κ2) is 3.74. The number of hydrogen-bond acceptors (Lipinski definition) is 2. The molecule has 2 heteroatoms. The molecule has 2 fully saturated rings. The second-order valence-corrected chi connectivity index (χ2v) is 6.21. The van der Waals surface area contributed by atoms with Gasteiger partial charge in [-0.25, -0.2) is 0 Å². The lowest BCUT2D eigenvalue weighted by Gasteiger charge is -2.48. The minimum absolute atomic E-state index is 0.373. The first-order chi connectivity index (χ1) is 6.98. The maximum atomic E-state index is 3.74. The van der Waals surface area contributed by atoms with Crippen LogP contribution in [-0.2, 0) is 0 Å². The molecule has 15 heavy (non-hydrogen) atoms. The van der Waals surface area contributed by atoms with Crippen LogP contribution in [0.4, 0.5) is 0 Å². The van der Waals surface area contributed by atoms with Crippen LogP contribution in [0.3, 0.4) is 0 Å². The molecular formula is C13H26N2. The summed E-state index contributed by atoms with van der Waals surface area (Å²) in [7, 11) is 0. The smallest absolute Gasteiger partial charge is 0.0309 e. The Morgan fingerprint density at radius 2 is 2.07 bits per heavy atom. The summed E-state index contributed by atoms with van der Waals surface area (Å²) in [5.41, 5.74) is 0.767. The van der Waals surface area contributed by atoms with Gasteiger partial charge in [0.1, 0.15) is 0 Å². The van der Waals surface area contributed by atoms with Crippen molar-refractivity contribution in [3.63, 3.8) is 0 Å². The lowest BCUT2D eigenvalue weighted by atomic mass is 9.89. The highest BCUT2D eigenvalue weighted by Gasteiger charge is 2.45. The fourth-order valence-electron chi connectivity index (χ4n) is 2.74. The lowest BCUT2D eigenvalue weighted by molar-refractivity contribution is 0.0411. The van der Waals surface area contributed by atoms with Gasteiger partial charge in [0.2, 0.25) is 0 Å². The lowest BCUT2D eigenvalue weighted by Crippen LogP contribution is -2.64. The molecule has 0 spiro atoms. The quantitative estimate of drug-likeness (QED) is 0.768. The van der Waals surface area contributed by atoms with Gasteiger partial charge >= 0.3 is 0 Å². The molecule has 88 valence electrons. The van der Waals surface area contributed by atoms with E-state index in [0.29, 0.717) is 11.1 Å². The van der Waals surface area contributed by atoms with E-state index in [2.05, 4.69) is 37.9 Å². The SMILES string of the molecule is CCC(C)(C)N1CCNC(C)(C2CC2)C1. The van der Waals surface area contributed by atoms with Crippen molar-refractivity contribution in [1.82, 2.24) is 10.2 Å². The highest BCUT2D eigenvalue weighted by molar-refractivity contribution is 5.03. The minimum atomic E-state index is 0.373. The van der Waals surface area contributed by atoms with Gasteiger partial charge in [0.25, 0.3) is 0 Å². The van der Waals surface area contributed by atoms with Crippen LogP contribution >= 0.6 is 0 Å². The first-order valence-corrected chi connectivity index (χ1v) is 6.48. The molecule has 1 atom stereocenters. The average molecular weight is 210 g/mol. The first-order valence-electron chi connectivity index (χ1n) is 6.48. The Bertz CT molecular complexity index is 233. The number of piperazine rings is 1. The predicted octanol–water partition coefficient (Wildman–Crippen LogP) is 2.25. The Hall–Kier alpha value is -0.0800. The predicted molar refractivity (Wildman–Crippen MR) is 65.1 cm³/mol. The maximum absolute atomic E-state index is 3.74. The van der Waals surface area contributed by atoms with Gasteiger partial charge in [-0.2, -0.15) is 0 Å². The number of rotatable bonds is 3. The molecule has 0 aromatic carbocycles. The van der Waals surface area contributed by atoms with E-state index in [-0.39, 0.29) is 0 Å². The van der Waals surface area contributed by atoms with Gasteiger partial charge in [-0.05, 0) is 46.0 Å². The molecule has 2 nitrogen and oxygen atoms in total. The molecule has 2 aliphatic rings.